The fourth-order valence-electron chi connectivity index (χ4n) is 2.31. The fraction of sp³-hybridized carbons (Fsp3) is 0.929. The molecule has 1 N–H and O–H groups in total. The van der Waals surface area contributed by atoms with Crippen LogP contribution >= 0.6 is 12.4 Å². The molecule has 1 amide bonds. The van der Waals surface area contributed by atoms with E-state index in [-0.39, 0.29) is 12.4 Å². The Kier molecular flexibility index (Phi) is 9.47. The van der Waals surface area contributed by atoms with Gasteiger partial charge >= 0.3 is 0 Å². The summed E-state index contributed by atoms with van der Waals surface area (Å²) in [6, 6.07) is 0. The molecule has 0 aromatic heterocycles. The molecule has 0 unspecified atom stereocenters. The molecule has 3 nitrogen and oxygen atoms in total. The number of piperidine rings is 1. The Balaban J connectivity index is 0.00000289. The largest absolute Gasteiger partial charge is 0.343 e. The van der Waals surface area contributed by atoms with E-state index in [0.717, 1.165) is 44.9 Å². The molecule has 18 heavy (non-hydrogen) atoms. The molecule has 1 aliphatic rings. The van der Waals surface area contributed by atoms with E-state index in [0.29, 0.717) is 11.8 Å². The lowest BCUT2D eigenvalue weighted by Gasteiger charge is -2.32. The average Bonchev–Trinajstić information content (AvgIpc) is 2.34. The van der Waals surface area contributed by atoms with Crippen LogP contribution in [-0.4, -0.2) is 37.0 Å². The summed E-state index contributed by atoms with van der Waals surface area (Å²) in [5, 5.41) is 3.40. The van der Waals surface area contributed by atoms with Gasteiger partial charge in [-0.25, -0.2) is 0 Å². The van der Waals surface area contributed by atoms with Crippen molar-refractivity contribution in [3.63, 3.8) is 0 Å². The van der Waals surface area contributed by atoms with E-state index >= 15 is 0 Å². The number of rotatable bonds is 6. The third-order valence-electron chi connectivity index (χ3n) is 3.59. The highest BCUT2D eigenvalue weighted by Gasteiger charge is 2.22. The minimum absolute atomic E-state index is 0. The van der Waals surface area contributed by atoms with Crippen molar-refractivity contribution in [2.24, 2.45) is 11.8 Å². The number of carbonyl (C=O) groups excluding carboxylic acids is 1. The second kappa shape index (κ2) is 9.62. The van der Waals surface area contributed by atoms with E-state index in [1.807, 2.05) is 0 Å². The number of likely N-dealkylation sites (tertiary alicyclic amines) is 1. The Labute approximate surface area is 118 Å². The van der Waals surface area contributed by atoms with Crippen LogP contribution in [0.1, 0.15) is 46.5 Å². The van der Waals surface area contributed by atoms with Gasteiger partial charge in [-0.2, -0.15) is 0 Å². The van der Waals surface area contributed by atoms with E-state index in [2.05, 4.69) is 31.0 Å². The van der Waals surface area contributed by atoms with E-state index in [1.165, 1.54) is 12.8 Å². The summed E-state index contributed by atoms with van der Waals surface area (Å²) in [5.74, 6) is 1.76. The van der Waals surface area contributed by atoms with Crippen molar-refractivity contribution in [1.82, 2.24) is 10.2 Å². The van der Waals surface area contributed by atoms with Crippen molar-refractivity contribution in [1.29, 1.82) is 0 Å². The Morgan fingerprint density at radius 1 is 1.33 bits per heavy atom. The molecular formula is C14H29ClN2O. The number of carbonyl (C=O) groups is 1. The molecule has 0 bridgehead atoms. The van der Waals surface area contributed by atoms with E-state index in [4.69, 9.17) is 0 Å². The molecule has 1 heterocycles. The van der Waals surface area contributed by atoms with Gasteiger partial charge in [-0.1, -0.05) is 20.8 Å². The van der Waals surface area contributed by atoms with Crippen LogP contribution in [0.4, 0.5) is 0 Å². The monoisotopic (exact) mass is 276 g/mol. The Morgan fingerprint density at radius 3 is 2.44 bits per heavy atom. The van der Waals surface area contributed by atoms with Gasteiger partial charge in [0.15, 0.2) is 0 Å². The van der Waals surface area contributed by atoms with Crippen LogP contribution in [0.15, 0.2) is 0 Å². The van der Waals surface area contributed by atoms with Gasteiger partial charge < -0.3 is 10.2 Å². The van der Waals surface area contributed by atoms with E-state index in [1.54, 1.807) is 0 Å². The first-order chi connectivity index (χ1) is 8.13. The SMILES string of the molecule is CCNCC1CCN(C(=O)CCC(C)C)CC1.Cl. The van der Waals surface area contributed by atoms with Crippen LogP contribution in [0.25, 0.3) is 0 Å². The first kappa shape index (κ1) is 17.7. The summed E-state index contributed by atoms with van der Waals surface area (Å²) >= 11 is 0. The maximum Gasteiger partial charge on any atom is 0.222 e. The third-order valence-corrected chi connectivity index (χ3v) is 3.59. The van der Waals surface area contributed by atoms with Gasteiger partial charge in [0.05, 0.1) is 0 Å². The molecule has 4 heteroatoms. The van der Waals surface area contributed by atoms with Crippen LogP contribution < -0.4 is 5.32 Å². The number of halogens is 1. The Hall–Kier alpha value is -0.280. The molecule has 0 spiro atoms. The maximum absolute atomic E-state index is 11.9. The second-order valence-corrected chi connectivity index (χ2v) is 5.56. The maximum atomic E-state index is 11.9. The average molecular weight is 277 g/mol. The highest BCUT2D eigenvalue weighted by molar-refractivity contribution is 5.85. The van der Waals surface area contributed by atoms with Crippen LogP contribution in [0.5, 0.6) is 0 Å². The summed E-state index contributed by atoms with van der Waals surface area (Å²) in [6.07, 6.45) is 4.09. The number of hydrogen-bond acceptors (Lipinski definition) is 2. The van der Waals surface area contributed by atoms with Gasteiger partial charge in [-0.15, -0.1) is 12.4 Å². The molecule has 0 aliphatic carbocycles. The highest BCUT2D eigenvalue weighted by Crippen LogP contribution is 2.18. The van der Waals surface area contributed by atoms with Crippen LogP contribution in [0.2, 0.25) is 0 Å². The second-order valence-electron chi connectivity index (χ2n) is 5.56. The molecule has 0 aromatic rings. The van der Waals surface area contributed by atoms with Crippen molar-refractivity contribution >= 4 is 18.3 Å². The Bertz CT molecular complexity index is 226. The van der Waals surface area contributed by atoms with Gasteiger partial charge in [0, 0.05) is 19.5 Å². The molecule has 1 fully saturated rings. The zero-order valence-corrected chi connectivity index (χ0v) is 12.9. The van der Waals surface area contributed by atoms with Crippen molar-refractivity contribution in [3.05, 3.63) is 0 Å². The van der Waals surface area contributed by atoms with E-state index in [9.17, 15) is 4.79 Å². The topological polar surface area (TPSA) is 32.3 Å². The van der Waals surface area contributed by atoms with Gasteiger partial charge in [0.2, 0.25) is 5.91 Å². The van der Waals surface area contributed by atoms with Gasteiger partial charge in [0.1, 0.15) is 0 Å². The summed E-state index contributed by atoms with van der Waals surface area (Å²) in [7, 11) is 0. The minimum atomic E-state index is 0. The van der Waals surface area contributed by atoms with Crippen molar-refractivity contribution in [3.8, 4) is 0 Å². The predicted molar refractivity (Wildman–Crippen MR) is 79.2 cm³/mol. The number of amides is 1. The summed E-state index contributed by atoms with van der Waals surface area (Å²) in [6.45, 7) is 10.6. The molecule has 1 rings (SSSR count). The molecule has 108 valence electrons. The van der Waals surface area contributed by atoms with E-state index < -0.39 is 0 Å². The first-order valence-electron chi connectivity index (χ1n) is 7.12. The zero-order chi connectivity index (χ0) is 12.7. The van der Waals surface area contributed by atoms with Crippen molar-refractivity contribution in [2.75, 3.05) is 26.2 Å². The standard InChI is InChI=1S/C14H28N2O.ClH/c1-4-15-11-13-7-9-16(10-8-13)14(17)6-5-12(2)3;/h12-13,15H,4-11H2,1-3H3;1H. The van der Waals surface area contributed by atoms with Crippen molar-refractivity contribution in [2.45, 2.75) is 46.5 Å². The van der Waals surface area contributed by atoms with Crippen molar-refractivity contribution < 1.29 is 4.79 Å². The lowest BCUT2D eigenvalue weighted by atomic mass is 9.96. The number of hydrogen-bond donors (Lipinski definition) is 1. The summed E-state index contributed by atoms with van der Waals surface area (Å²) < 4.78 is 0. The van der Waals surface area contributed by atoms with Gasteiger partial charge in [-0.3, -0.25) is 4.79 Å². The predicted octanol–water partition coefficient (Wildman–Crippen LogP) is 2.69. The van der Waals surface area contributed by atoms with Crippen LogP contribution in [-0.2, 0) is 4.79 Å². The molecule has 0 atom stereocenters. The molecule has 0 aromatic carbocycles. The highest BCUT2D eigenvalue weighted by atomic mass is 35.5. The first-order valence-corrected chi connectivity index (χ1v) is 7.12. The molecule has 1 saturated heterocycles. The quantitative estimate of drug-likeness (QED) is 0.809. The lowest BCUT2D eigenvalue weighted by molar-refractivity contribution is -0.132. The molecule has 0 radical (unpaired) electrons. The van der Waals surface area contributed by atoms with Gasteiger partial charge in [0.25, 0.3) is 0 Å². The number of nitrogens with one attached hydrogen (secondary N) is 1. The molecule has 1 aliphatic heterocycles. The smallest absolute Gasteiger partial charge is 0.222 e. The Morgan fingerprint density at radius 2 is 1.94 bits per heavy atom. The lowest BCUT2D eigenvalue weighted by Crippen LogP contribution is -2.40. The fourth-order valence-corrected chi connectivity index (χ4v) is 2.31. The minimum Gasteiger partial charge on any atom is -0.343 e. The zero-order valence-electron chi connectivity index (χ0n) is 12.1. The van der Waals surface area contributed by atoms with Crippen LogP contribution in [0.3, 0.4) is 0 Å². The number of nitrogens with zero attached hydrogens (tertiary/aromatic N) is 1. The normalized spacial score (nSPS) is 16.8. The summed E-state index contributed by atoms with van der Waals surface area (Å²) in [5.41, 5.74) is 0. The molecule has 0 saturated carbocycles. The van der Waals surface area contributed by atoms with Gasteiger partial charge in [-0.05, 0) is 44.2 Å². The third kappa shape index (κ3) is 6.60. The summed E-state index contributed by atoms with van der Waals surface area (Å²) in [4.78, 5) is 14.0. The van der Waals surface area contributed by atoms with Crippen LogP contribution in [0, 0.1) is 11.8 Å². The molecular weight excluding hydrogens is 248 g/mol.